The van der Waals surface area contributed by atoms with E-state index in [1.807, 2.05) is 0 Å². The van der Waals surface area contributed by atoms with E-state index in [0.717, 1.165) is 12.8 Å². The average molecular weight is 413 g/mol. The summed E-state index contributed by atoms with van der Waals surface area (Å²) in [5, 5.41) is 0. The van der Waals surface area contributed by atoms with Crippen molar-refractivity contribution in [3.05, 3.63) is 123 Å². The third-order valence-electron chi connectivity index (χ3n) is 7.65. The van der Waals surface area contributed by atoms with Gasteiger partial charge in [0.1, 0.15) is 0 Å². The molecule has 2 aliphatic rings. The molecule has 156 valence electrons. The summed E-state index contributed by atoms with van der Waals surface area (Å²) >= 11 is 0. The smallest absolute Gasteiger partial charge is 0.0311 e. The van der Waals surface area contributed by atoms with E-state index >= 15 is 0 Å². The number of hydrogen-bond acceptors (Lipinski definition) is 0. The molecule has 0 saturated carbocycles. The molecule has 0 fully saturated rings. The molecule has 0 aromatic heterocycles. The molecule has 4 aromatic carbocycles. The van der Waals surface area contributed by atoms with E-state index in [2.05, 4.69) is 106 Å². The maximum absolute atomic E-state index is 2.48. The molecule has 0 heterocycles. The van der Waals surface area contributed by atoms with Gasteiger partial charge in [0.25, 0.3) is 0 Å². The fourth-order valence-electron chi connectivity index (χ4n) is 5.87. The first-order chi connectivity index (χ1) is 15.7. The average Bonchev–Trinajstić information content (AvgIpc) is 3.39. The van der Waals surface area contributed by atoms with Gasteiger partial charge in [-0.2, -0.15) is 0 Å². The van der Waals surface area contributed by atoms with E-state index in [1.165, 1.54) is 66.8 Å². The van der Waals surface area contributed by atoms with Crippen LogP contribution in [0.4, 0.5) is 0 Å². The van der Waals surface area contributed by atoms with E-state index in [0.29, 0.717) is 5.92 Å². The molecule has 2 aliphatic carbocycles. The molecule has 4 aromatic rings. The normalized spacial score (nSPS) is 15.8. The fourth-order valence-corrected chi connectivity index (χ4v) is 5.87. The highest BCUT2D eigenvalue weighted by Crippen LogP contribution is 2.49. The highest BCUT2D eigenvalue weighted by Gasteiger charge is 2.32. The predicted molar refractivity (Wildman–Crippen MR) is 136 cm³/mol. The zero-order chi connectivity index (χ0) is 21.8. The Morgan fingerprint density at radius 2 is 1.38 bits per heavy atom. The monoisotopic (exact) mass is 412 g/mol. The molecule has 6 rings (SSSR count). The number of hydrogen-bond donors (Lipinski definition) is 0. The second kappa shape index (κ2) is 7.35. The van der Waals surface area contributed by atoms with Crippen molar-refractivity contribution in [3.63, 3.8) is 0 Å². The van der Waals surface area contributed by atoms with Crippen molar-refractivity contribution in [1.29, 1.82) is 0 Å². The summed E-state index contributed by atoms with van der Waals surface area (Å²) in [6.45, 7) is 6.77. The lowest BCUT2D eigenvalue weighted by molar-refractivity contribution is 0.895. The van der Waals surface area contributed by atoms with Gasteiger partial charge in [-0.25, -0.2) is 0 Å². The van der Waals surface area contributed by atoms with Crippen molar-refractivity contribution in [1.82, 2.24) is 0 Å². The minimum atomic E-state index is 0.351. The Labute approximate surface area is 191 Å². The second-order valence-electron chi connectivity index (χ2n) is 9.27. The molecule has 0 radical (unpaired) electrons. The van der Waals surface area contributed by atoms with Crippen LogP contribution < -0.4 is 0 Å². The van der Waals surface area contributed by atoms with E-state index in [4.69, 9.17) is 0 Å². The summed E-state index contributed by atoms with van der Waals surface area (Å²) < 4.78 is 0. The lowest BCUT2D eigenvalue weighted by Gasteiger charge is -2.21. The minimum absolute atomic E-state index is 0.351. The first kappa shape index (κ1) is 19.3. The fraction of sp³-hybridized carbons (Fsp3) is 0.188. The zero-order valence-electron chi connectivity index (χ0n) is 19.1. The van der Waals surface area contributed by atoms with E-state index in [-0.39, 0.29) is 0 Å². The van der Waals surface area contributed by atoms with Gasteiger partial charge in [-0.3, -0.25) is 0 Å². The van der Waals surface area contributed by atoms with Crippen molar-refractivity contribution in [3.8, 4) is 22.3 Å². The van der Waals surface area contributed by atoms with Gasteiger partial charge in [0.05, 0.1) is 0 Å². The van der Waals surface area contributed by atoms with Gasteiger partial charge in [0.2, 0.25) is 0 Å². The van der Waals surface area contributed by atoms with Crippen LogP contribution in [0.3, 0.4) is 0 Å². The van der Waals surface area contributed by atoms with Gasteiger partial charge >= 0.3 is 0 Å². The molecule has 0 amide bonds. The molecule has 0 heteroatoms. The molecule has 0 N–H and O–H groups in total. The second-order valence-corrected chi connectivity index (χ2v) is 9.27. The Bertz CT molecular complexity index is 1400. The molecule has 0 nitrogen and oxygen atoms in total. The molecule has 0 aliphatic heterocycles. The molecule has 0 saturated heterocycles. The predicted octanol–water partition coefficient (Wildman–Crippen LogP) is 8.48. The third kappa shape index (κ3) is 2.76. The van der Waals surface area contributed by atoms with E-state index in [9.17, 15) is 0 Å². The Kier molecular flexibility index (Phi) is 4.43. The zero-order valence-corrected chi connectivity index (χ0v) is 19.1. The standard InChI is InChI=1S/C32H28/c1-4-22-18-30-26(24-13-7-10-20(2)21(24)3)14-8-16-28(30)32(22)29-17-9-15-27-25-12-6-5-11-23(25)19-31(27)29/h5-18,32H,4,19H2,1-3H3. The van der Waals surface area contributed by atoms with Crippen LogP contribution in [0.2, 0.25) is 0 Å². The maximum Gasteiger partial charge on any atom is 0.0311 e. The number of rotatable bonds is 3. The van der Waals surface area contributed by atoms with E-state index < -0.39 is 0 Å². The van der Waals surface area contributed by atoms with Crippen molar-refractivity contribution >= 4 is 6.08 Å². The van der Waals surface area contributed by atoms with Gasteiger partial charge < -0.3 is 0 Å². The summed E-state index contributed by atoms with van der Waals surface area (Å²) in [5.41, 5.74) is 17.2. The Morgan fingerprint density at radius 1 is 0.688 bits per heavy atom. The van der Waals surface area contributed by atoms with Crippen LogP contribution in [0.25, 0.3) is 28.3 Å². The largest absolute Gasteiger partial charge is 0.0619 e. The first-order valence-corrected chi connectivity index (χ1v) is 11.8. The molecular weight excluding hydrogens is 384 g/mol. The number of aryl methyl sites for hydroxylation is 1. The summed E-state index contributed by atoms with van der Waals surface area (Å²) in [7, 11) is 0. The van der Waals surface area contributed by atoms with Crippen LogP contribution in [0.5, 0.6) is 0 Å². The van der Waals surface area contributed by atoms with Crippen LogP contribution in [-0.2, 0) is 6.42 Å². The van der Waals surface area contributed by atoms with Crippen LogP contribution in [-0.4, -0.2) is 0 Å². The summed E-state index contributed by atoms with van der Waals surface area (Å²) in [5.74, 6) is 0.351. The van der Waals surface area contributed by atoms with Gasteiger partial charge in [0, 0.05) is 5.92 Å². The number of allylic oxidation sites excluding steroid dienone is 1. The number of fused-ring (bicyclic) bond motifs is 4. The van der Waals surface area contributed by atoms with Crippen molar-refractivity contribution < 1.29 is 0 Å². The lowest BCUT2D eigenvalue weighted by Crippen LogP contribution is -2.05. The lowest BCUT2D eigenvalue weighted by atomic mass is 9.82. The Morgan fingerprint density at radius 3 is 2.22 bits per heavy atom. The molecular formula is C32H28. The van der Waals surface area contributed by atoms with Gasteiger partial charge in [0.15, 0.2) is 0 Å². The molecule has 1 atom stereocenters. The summed E-state index contributed by atoms with van der Waals surface area (Å²) in [6, 6.07) is 29.4. The molecule has 32 heavy (non-hydrogen) atoms. The molecule has 0 bridgehead atoms. The van der Waals surface area contributed by atoms with Crippen molar-refractivity contribution in [2.45, 2.75) is 39.5 Å². The summed E-state index contributed by atoms with van der Waals surface area (Å²) in [4.78, 5) is 0. The Hall–Kier alpha value is -3.38. The van der Waals surface area contributed by atoms with Crippen LogP contribution >= 0.6 is 0 Å². The number of benzene rings is 4. The molecule has 0 spiro atoms. The van der Waals surface area contributed by atoms with Gasteiger partial charge in [-0.05, 0) is 87.9 Å². The van der Waals surface area contributed by atoms with Gasteiger partial charge in [-0.15, -0.1) is 0 Å². The topological polar surface area (TPSA) is 0 Å². The van der Waals surface area contributed by atoms with Crippen LogP contribution in [0, 0.1) is 13.8 Å². The van der Waals surface area contributed by atoms with Crippen molar-refractivity contribution in [2.75, 3.05) is 0 Å². The highest BCUT2D eigenvalue weighted by molar-refractivity contribution is 5.86. The summed E-state index contributed by atoms with van der Waals surface area (Å²) in [6.07, 6.45) is 4.60. The maximum atomic E-state index is 2.48. The van der Waals surface area contributed by atoms with Crippen LogP contribution in [0.15, 0.2) is 84.4 Å². The quantitative estimate of drug-likeness (QED) is 0.279. The minimum Gasteiger partial charge on any atom is -0.0619 e. The Balaban J connectivity index is 1.54. The van der Waals surface area contributed by atoms with Crippen LogP contribution in [0.1, 0.15) is 58.2 Å². The van der Waals surface area contributed by atoms with Crippen molar-refractivity contribution in [2.24, 2.45) is 0 Å². The molecule has 1 unspecified atom stereocenters. The highest BCUT2D eigenvalue weighted by atomic mass is 14.3. The third-order valence-corrected chi connectivity index (χ3v) is 7.65. The first-order valence-electron chi connectivity index (χ1n) is 11.8. The SMILES string of the molecule is CCC1=Cc2c(-c3cccc(C)c3C)cccc2C1c1cccc2c1Cc1ccccc1-2. The van der Waals surface area contributed by atoms with E-state index in [1.54, 1.807) is 0 Å². The van der Waals surface area contributed by atoms with Gasteiger partial charge in [-0.1, -0.05) is 97.4 Å².